The Kier molecular flexibility index (Phi) is 10.1. The Hall–Kier alpha value is -4.07. The molecule has 1 aliphatic carbocycles. The molecule has 49 heavy (non-hydrogen) atoms. The number of fused-ring (bicyclic) bond motifs is 1. The molecule has 4 aromatic carbocycles. The molecule has 0 radical (unpaired) electrons. The van der Waals surface area contributed by atoms with Gasteiger partial charge in [-0.2, -0.15) is 26.3 Å². The minimum absolute atomic E-state index is 0.00378. The highest BCUT2D eigenvalue weighted by Crippen LogP contribution is 2.45. The number of hydrogen-bond acceptors (Lipinski definition) is 3. The van der Waals surface area contributed by atoms with Crippen LogP contribution < -0.4 is 9.47 Å². The third kappa shape index (κ3) is 8.57. The van der Waals surface area contributed by atoms with Crippen LogP contribution in [0.2, 0.25) is 0 Å². The van der Waals surface area contributed by atoms with Crippen LogP contribution in [0.1, 0.15) is 67.2 Å². The topological polar surface area (TPSA) is 27.7 Å². The van der Waals surface area contributed by atoms with Crippen LogP contribution in [0.25, 0.3) is 10.8 Å². The molecule has 1 saturated carbocycles. The third-order valence-corrected chi connectivity index (χ3v) is 8.38. The molecule has 0 aliphatic heterocycles. The van der Waals surface area contributed by atoms with E-state index in [1.165, 1.54) is 5.56 Å². The van der Waals surface area contributed by atoms with Crippen molar-refractivity contribution in [1.29, 1.82) is 0 Å². The quantitative estimate of drug-likeness (QED) is 0.145. The normalized spacial score (nSPS) is 17.7. The lowest BCUT2D eigenvalue weighted by molar-refractivity contribution is -0.431. The second-order valence-electron chi connectivity index (χ2n) is 11.9. The van der Waals surface area contributed by atoms with E-state index in [4.69, 9.17) is 0 Å². The highest BCUT2D eigenvalue weighted by molar-refractivity contribution is 5.84. The summed E-state index contributed by atoms with van der Waals surface area (Å²) in [5.74, 6) is -7.38. The Morgan fingerprint density at radius 1 is 0.633 bits per heavy atom. The maximum absolute atomic E-state index is 15.2. The zero-order valence-electron chi connectivity index (χ0n) is 25.7. The van der Waals surface area contributed by atoms with E-state index in [1.54, 1.807) is 0 Å². The molecular formula is C35H29F11O3. The van der Waals surface area contributed by atoms with Gasteiger partial charge in [-0.05, 0) is 84.2 Å². The van der Waals surface area contributed by atoms with Gasteiger partial charge in [-0.3, -0.25) is 0 Å². The first-order valence-electron chi connectivity index (χ1n) is 15.3. The van der Waals surface area contributed by atoms with Crippen LogP contribution >= 0.6 is 0 Å². The van der Waals surface area contributed by atoms with Gasteiger partial charge in [0.1, 0.15) is 28.7 Å². The van der Waals surface area contributed by atoms with E-state index in [2.05, 4.69) is 33.3 Å². The molecule has 264 valence electrons. The molecule has 1 aliphatic rings. The molecule has 0 N–H and O–H groups in total. The molecule has 0 bridgehead atoms. The van der Waals surface area contributed by atoms with Crippen molar-refractivity contribution in [2.45, 2.75) is 76.1 Å². The van der Waals surface area contributed by atoms with Crippen molar-refractivity contribution in [3.8, 4) is 11.5 Å². The van der Waals surface area contributed by atoms with Gasteiger partial charge >= 0.3 is 24.7 Å². The van der Waals surface area contributed by atoms with Gasteiger partial charge in [-0.1, -0.05) is 49.7 Å². The molecule has 5 rings (SSSR count). The summed E-state index contributed by atoms with van der Waals surface area (Å²) in [7, 11) is 0. The minimum Gasteiger partial charge on any atom is -0.432 e. The molecule has 0 unspecified atom stereocenters. The fourth-order valence-electron chi connectivity index (χ4n) is 6.02. The van der Waals surface area contributed by atoms with E-state index in [-0.39, 0.29) is 43.0 Å². The van der Waals surface area contributed by atoms with Crippen LogP contribution in [-0.2, 0) is 23.4 Å². The lowest BCUT2D eigenvalue weighted by Gasteiger charge is -2.33. The van der Waals surface area contributed by atoms with E-state index in [9.17, 15) is 39.5 Å². The monoisotopic (exact) mass is 706 g/mol. The van der Waals surface area contributed by atoms with Crippen molar-refractivity contribution in [3.05, 3.63) is 107 Å². The summed E-state index contributed by atoms with van der Waals surface area (Å²) in [5, 5.41) is 2.12. The summed E-state index contributed by atoms with van der Waals surface area (Å²) < 4.78 is 165. The van der Waals surface area contributed by atoms with Crippen molar-refractivity contribution < 1.29 is 62.5 Å². The molecule has 0 amide bonds. The Morgan fingerprint density at radius 2 is 1.22 bits per heavy atom. The van der Waals surface area contributed by atoms with Crippen LogP contribution in [0, 0.1) is 17.6 Å². The first kappa shape index (κ1) is 36.2. The number of aryl methyl sites for hydroxylation is 1. The Balaban J connectivity index is 1.22. The second-order valence-corrected chi connectivity index (χ2v) is 11.9. The lowest BCUT2D eigenvalue weighted by atomic mass is 9.78. The first-order chi connectivity index (χ1) is 22.9. The maximum atomic E-state index is 15.2. The van der Waals surface area contributed by atoms with Gasteiger partial charge < -0.3 is 9.47 Å². The van der Waals surface area contributed by atoms with E-state index < -0.39 is 64.9 Å². The minimum atomic E-state index is -5.72. The summed E-state index contributed by atoms with van der Waals surface area (Å²) in [6.07, 6.45) is -16.5. The van der Waals surface area contributed by atoms with Gasteiger partial charge in [-0.15, -0.1) is 13.2 Å². The summed E-state index contributed by atoms with van der Waals surface area (Å²) in [5.41, 5.74) is -1.16. The number of alkyl halides is 9. The zero-order chi connectivity index (χ0) is 35.8. The SMILES string of the molecule is CCCc1ccc2cc(C3CCC(C(F)(F)Oc4cc(F)c(C(F)(F)Oc5ccc(C(F)(F)OC(F)(F)F)cc5)c(F)c4)CC3)ccc2c1. The van der Waals surface area contributed by atoms with Crippen LogP contribution in [0.4, 0.5) is 48.3 Å². The smallest absolute Gasteiger partial charge is 0.432 e. The molecule has 0 aromatic heterocycles. The average Bonchev–Trinajstić information content (AvgIpc) is 2.99. The molecule has 0 atom stereocenters. The number of halogens is 11. The largest absolute Gasteiger partial charge is 0.527 e. The summed E-state index contributed by atoms with van der Waals surface area (Å²) in [4.78, 5) is 0. The lowest BCUT2D eigenvalue weighted by Crippen LogP contribution is -2.37. The Morgan fingerprint density at radius 3 is 1.82 bits per heavy atom. The predicted octanol–water partition coefficient (Wildman–Crippen LogP) is 11.7. The molecule has 3 nitrogen and oxygen atoms in total. The van der Waals surface area contributed by atoms with Crippen LogP contribution in [0.5, 0.6) is 11.5 Å². The second kappa shape index (κ2) is 13.7. The Bertz CT molecular complexity index is 1740. The first-order valence-corrected chi connectivity index (χ1v) is 15.3. The van der Waals surface area contributed by atoms with E-state index >= 15 is 8.78 Å². The average molecular weight is 707 g/mol. The van der Waals surface area contributed by atoms with Gasteiger partial charge in [0, 0.05) is 12.1 Å². The van der Waals surface area contributed by atoms with Crippen LogP contribution in [0.15, 0.2) is 72.8 Å². The number of rotatable bonds is 11. The van der Waals surface area contributed by atoms with E-state index in [0.29, 0.717) is 25.0 Å². The highest BCUT2D eigenvalue weighted by Gasteiger charge is 2.47. The molecule has 0 heterocycles. The highest BCUT2D eigenvalue weighted by atomic mass is 19.4. The van der Waals surface area contributed by atoms with Crippen molar-refractivity contribution in [1.82, 2.24) is 0 Å². The molecule has 4 aromatic rings. The van der Waals surface area contributed by atoms with Crippen molar-refractivity contribution in [2.75, 3.05) is 0 Å². The summed E-state index contributed by atoms with van der Waals surface area (Å²) in [6.45, 7) is 2.10. The molecular weight excluding hydrogens is 677 g/mol. The standard InChI is InChI=1S/C35H29F11O3/c1-2-3-20-4-5-24-17-23(7-6-22(24)16-20)21-8-10-25(11-9-21)32(38,39)48-28-18-29(36)31(30(37)19-28)34(42,43)47-27-14-12-26(13-15-27)33(40,41)49-35(44,45)46/h4-7,12-19,21,25H,2-3,8-11H2,1H3. The van der Waals surface area contributed by atoms with Gasteiger partial charge in [0.2, 0.25) is 0 Å². The van der Waals surface area contributed by atoms with Crippen molar-refractivity contribution in [3.63, 3.8) is 0 Å². The Labute approximate surface area is 273 Å². The fourth-order valence-corrected chi connectivity index (χ4v) is 6.02. The predicted molar refractivity (Wildman–Crippen MR) is 157 cm³/mol. The molecule has 0 saturated heterocycles. The third-order valence-electron chi connectivity index (χ3n) is 8.38. The number of benzene rings is 4. The molecule has 14 heteroatoms. The van der Waals surface area contributed by atoms with E-state index in [1.807, 2.05) is 24.3 Å². The number of hydrogen-bond donors (Lipinski definition) is 0. The van der Waals surface area contributed by atoms with Gasteiger partial charge in [0.05, 0.1) is 11.5 Å². The van der Waals surface area contributed by atoms with Crippen molar-refractivity contribution >= 4 is 10.8 Å². The maximum Gasteiger partial charge on any atom is 0.527 e. The van der Waals surface area contributed by atoms with Crippen LogP contribution in [0.3, 0.4) is 0 Å². The van der Waals surface area contributed by atoms with E-state index in [0.717, 1.165) is 29.2 Å². The number of ether oxygens (including phenoxy) is 3. The zero-order valence-corrected chi connectivity index (χ0v) is 25.7. The van der Waals surface area contributed by atoms with Gasteiger partial charge in [0.25, 0.3) is 0 Å². The molecule has 0 spiro atoms. The van der Waals surface area contributed by atoms with Crippen molar-refractivity contribution in [2.24, 2.45) is 5.92 Å². The van der Waals surface area contributed by atoms with Gasteiger partial charge in [-0.25, -0.2) is 13.5 Å². The summed E-state index contributed by atoms with van der Waals surface area (Å²) in [6, 6.07) is 13.8. The summed E-state index contributed by atoms with van der Waals surface area (Å²) >= 11 is 0. The van der Waals surface area contributed by atoms with Crippen LogP contribution in [-0.4, -0.2) is 12.5 Å². The molecule has 1 fully saturated rings. The van der Waals surface area contributed by atoms with Gasteiger partial charge in [0.15, 0.2) is 0 Å². The fraction of sp³-hybridized carbons (Fsp3) is 0.371.